The smallest absolute Gasteiger partial charge is 0.356 e. The molecule has 0 saturated carbocycles. The fraction of sp³-hybridized carbons (Fsp3) is 0.500. The van der Waals surface area contributed by atoms with Crippen LogP contribution in [-0.2, 0) is 11.3 Å². The molecule has 1 atom stereocenters. The second kappa shape index (κ2) is 2.85. The number of hydrogen-bond donors (Lipinski definition) is 1. The van der Waals surface area contributed by atoms with Gasteiger partial charge in [-0.1, -0.05) is 0 Å². The van der Waals surface area contributed by atoms with E-state index in [1.807, 2.05) is 0 Å². The second-order valence-electron chi connectivity index (χ2n) is 2.95. The van der Waals surface area contributed by atoms with E-state index in [-0.39, 0.29) is 0 Å². The number of carbonyl (C=O) groups is 1. The molecule has 2 heterocycles. The van der Waals surface area contributed by atoms with Crippen LogP contribution in [0.1, 0.15) is 28.8 Å². The van der Waals surface area contributed by atoms with Gasteiger partial charge in [-0.05, 0) is 6.42 Å². The van der Waals surface area contributed by atoms with Gasteiger partial charge in [0.1, 0.15) is 17.6 Å². The number of aliphatic hydroxyl groups excluding tert-OH is 1. The van der Waals surface area contributed by atoms with Gasteiger partial charge in [-0.3, -0.25) is 0 Å². The van der Waals surface area contributed by atoms with Crippen molar-refractivity contribution in [2.75, 3.05) is 7.11 Å². The van der Waals surface area contributed by atoms with E-state index >= 15 is 0 Å². The molecule has 0 bridgehead atoms. The van der Waals surface area contributed by atoms with Crippen LogP contribution < -0.4 is 0 Å². The summed E-state index contributed by atoms with van der Waals surface area (Å²) in [6.45, 7) is 0.626. The molecule has 0 fully saturated rings. The zero-order valence-electron chi connectivity index (χ0n) is 7.23. The van der Waals surface area contributed by atoms with Crippen LogP contribution in [0.5, 0.6) is 0 Å². The largest absolute Gasteiger partial charge is 0.464 e. The Morgan fingerprint density at radius 2 is 2.62 bits per heavy atom. The molecule has 0 aromatic carbocycles. The third-order valence-electron chi connectivity index (χ3n) is 2.21. The summed E-state index contributed by atoms with van der Waals surface area (Å²) in [5.41, 5.74) is 0.411. The minimum Gasteiger partial charge on any atom is -0.464 e. The number of imidazole rings is 1. The van der Waals surface area contributed by atoms with Crippen LogP contribution in [0.4, 0.5) is 0 Å². The first kappa shape index (κ1) is 8.25. The predicted octanol–water partition coefficient (Wildman–Crippen LogP) is 0.107. The van der Waals surface area contributed by atoms with Crippen LogP contribution in [0.15, 0.2) is 6.20 Å². The number of aliphatic hydroxyl groups is 1. The van der Waals surface area contributed by atoms with E-state index in [2.05, 4.69) is 9.72 Å². The quantitative estimate of drug-likeness (QED) is 0.626. The average molecular weight is 182 g/mol. The summed E-state index contributed by atoms with van der Waals surface area (Å²) in [6.07, 6.45) is 1.51. The van der Waals surface area contributed by atoms with E-state index < -0.39 is 12.1 Å². The Morgan fingerprint density at radius 1 is 1.85 bits per heavy atom. The molecule has 13 heavy (non-hydrogen) atoms. The number of ether oxygens (including phenoxy) is 1. The molecule has 1 aliphatic heterocycles. The molecule has 0 radical (unpaired) electrons. The van der Waals surface area contributed by atoms with Gasteiger partial charge in [0, 0.05) is 6.54 Å². The van der Waals surface area contributed by atoms with Crippen LogP contribution >= 0.6 is 0 Å². The summed E-state index contributed by atoms with van der Waals surface area (Å²) in [7, 11) is 1.33. The molecule has 0 saturated heterocycles. The molecule has 0 aliphatic carbocycles. The van der Waals surface area contributed by atoms with Gasteiger partial charge in [0.25, 0.3) is 0 Å². The summed E-state index contributed by atoms with van der Waals surface area (Å²) in [4.78, 5) is 15.1. The zero-order valence-corrected chi connectivity index (χ0v) is 7.23. The molecular weight excluding hydrogens is 172 g/mol. The topological polar surface area (TPSA) is 64.3 Å². The standard InChI is InChI=1S/C8H10N2O3/c1-13-8(12)5-4-9-7-6(11)2-3-10(5)7/h4,6,11H,2-3H2,1H3. The molecular formula is C8H10N2O3. The fourth-order valence-electron chi connectivity index (χ4n) is 1.54. The van der Waals surface area contributed by atoms with Crippen LogP contribution in [-0.4, -0.2) is 27.7 Å². The molecule has 2 rings (SSSR count). The Morgan fingerprint density at radius 3 is 3.31 bits per heavy atom. The molecule has 1 unspecified atom stereocenters. The summed E-state index contributed by atoms with van der Waals surface area (Å²) >= 11 is 0. The van der Waals surface area contributed by atoms with Gasteiger partial charge in [0.05, 0.1) is 13.3 Å². The maximum atomic E-state index is 11.2. The number of rotatable bonds is 1. The molecule has 1 N–H and O–H groups in total. The van der Waals surface area contributed by atoms with Crippen molar-refractivity contribution < 1.29 is 14.6 Å². The highest BCUT2D eigenvalue weighted by atomic mass is 16.5. The van der Waals surface area contributed by atoms with Crippen molar-refractivity contribution in [2.24, 2.45) is 0 Å². The highest BCUT2D eigenvalue weighted by Gasteiger charge is 2.26. The first-order valence-electron chi connectivity index (χ1n) is 4.06. The molecule has 1 aromatic rings. The number of carbonyl (C=O) groups excluding carboxylic acids is 1. The van der Waals surface area contributed by atoms with Gasteiger partial charge in [-0.2, -0.15) is 0 Å². The first-order valence-corrected chi connectivity index (χ1v) is 4.06. The number of aromatic nitrogens is 2. The van der Waals surface area contributed by atoms with Gasteiger partial charge in [-0.25, -0.2) is 9.78 Å². The van der Waals surface area contributed by atoms with Gasteiger partial charge >= 0.3 is 5.97 Å². The van der Waals surface area contributed by atoms with E-state index in [1.165, 1.54) is 13.3 Å². The average Bonchev–Trinajstić information content (AvgIpc) is 2.68. The fourth-order valence-corrected chi connectivity index (χ4v) is 1.54. The van der Waals surface area contributed by atoms with Crippen molar-refractivity contribution in [1.82, 2.24) is 9.55 Å². The summed E-state index contributed by atoms with van der Waals surface area (Å²) < 4.78 is 6.26. The third kappa shape index (κ3) is 1.12. The van der Waals surface area contributed by atoms with Crippen LogP contribution in [0.25, 0.3) is 0 Å². The van der Waals surface area contributed by atoms with Gasteiger partial charge in [0.2, 0.25) is 0 Å². The van der Waals surface area contributed by atoms with Gasteiger partial charge < -0.3 is 14.4 Å². The number of hydrogen-bond acceptors (Lipinski definition) is 4. The van der Waals surface area contributed by atoms with Crippen molar-refractivity contribution in [3.05, 3.63) is 17.7 Å². The summed E-state index contributed by atoms with van der Waals surface area (Å²) in [5.74, 6) is 0.147. The van der Waals surface area contributed by atoms with Crippen LogP contribution in [0, 0.1) is 0 Å². The van der Waals surface area contributed by atoms with Gasteiger partial charge in [0.15, 0.2) is 0 Å². The van der Waals surface area contributed by atoms with Gasteiger partial charge in [-0.15, -0.1) is 0 Å². The number of nitrogens with zero attached hydrogens (tertiary/aromatic N) is 2. The van der Waals surface area contributed by atoms with E-state index in [1.54, 1.807) is 4.57 Å². The molecule has 1 aliphatic rings. The number of methoxy groups -OCH3 is 1. The van der Waals surface area contributed by atoms with E-state index in [0.717, 1.165) is 0 Å². The minimum absolute atomic E-state index is 0.409. The Kier molecular flexibility index (Phi) is 1.81. The van der Waals surface area contributed by atoms with Crippen molar-refractivity contribution >= 4 is 5.97 Å². The SMILES string of the molecule is COC(=O)c1cnc2n1CCC2O. The minimum atomic E-state index is -0.543. The Bertz CT molecular complexity index is 345. The molecule has 5 heteroatoms. The second-order valence-corrected chi connectivity index (χ2v) is 2.95. The number of fused-ring (bicyclic) bond motifs is 1. The lowest BCUT2D eigenvalue weighted by atomic mass is 10.3. The van der Waals surface area contributed by atoms with Crippen molar-refractivity contribution in [2.45, 2.75) is 19.1 Å². The Balaban J connectivity index is 2.40. The Labute approximate surface area is 75.0 Å². The van der Waals surface area contributed by atoms with Crippen LogP contribution in [0.3, 0.4) is 0 Å². The predicted molar refractivity (Wildman–Crippen MR) is 43.1 cm³/mol. The van der Waals surface area contributed by atoms with Crippen LogP contribution in [0.2, 0.25) is 0 Å². The van der Waals surface area contributed by atoms with Crippen molar-refractivity contribution in [3.63, 3.8) is 0 Å². The highest BCUT2D eigenvalue weighted by molar-refractivity contribution is 5.87. The lowest BCUT2D eigenvalue weighted by Gasteiger charge is -2.00. The van der Waals surface area contributed by atoms with E-state index in [9.17, 15) is 9.90 Å². The normalized spacial score (nSPS) is 20.0. The lowest BCUT2D eigenvalue weighted by Crippen LogP contribution is -2.08. The highest BCUT2D eigenvalue weighted by Crippen LogP contribution is 2.25. The zero-order chi connectivity index (χ0) is 9.42. The molecule has 0 amide bonds. The molecule has 0 spiro atoms. The maximum Gasteiger partial charge on any atom is 0.356 e. The molecule has 5 nitrogen and oxygen atoms in total. The molecule has 1 aromatic heterocycles. The maximum absolute atomic E-state index is 11.2. The monoisotopic (exact) mass is 182 g/mol. The third-order valence-corrected chi connectivity index (χ3v) is 2.21. The first-order chi connectivity index (χ1) is 6.24. The summed E-state index contributed by atoms with van der Waals surface area (Å²) in [6, 6.07) is 0. The summed E-state index contributed by atoms with van der Waals surface area (Å²) in [5, 5.41) is 9.41. The van der Waals surface area contributed by atoms with Crippen molar-refractivity contribution in [3.8, 4) is 0 Å². The van der Waals surface area contributed by atoms with E-state index in [0.29, 0.717) is 24.5 Å². The molecule has 70 valence electrons. The lowest BCUT2D eigenvalue weighted by molar-refractivity contribution is 0.0588. The Hall–Kier alpha value is -1.36. The van der Waals surface area contributed by atoms with Crippen molar-refractivity contribution in [1.29, 1.82) is 0 Å². The van der Waals surface area contributed by atoms with E-state index in [4.69, 9.17) is 0 Å². The number of esters is 1.